The van der Waals surface area contributed by atoms with E-state index in [0.717, 1.165) is 35.4 Å². The number of nitrogens with zero attached hydrogens (tertiary/aromatic N) is 3. The summed E-state index contributed by atoms with van der Waals surface area (Å²) in [5, 5.41) is 7.90. The van der Waals surface area contributed by atoms with Gasteiger partial charge in [0.05, 0.1) is 18.5 Å². The molecule has 0 unspecified atom stereocenters. The fraction of sp³-hybridized carbons (Fsp3) is 0.167. The lowest BCUT2D eigenvalue weighted by Crippen LogP contribution is -2.34. The minimum atomic E-state index is -0.185. The van der Waals surface area contributed by atoms with Crippen LogP contribution in [0.3, 0.4) is 0 Å². The molecule has 5 rings (SSSR count). The highest BCUT2D eigenvalue weighted by Crippen LogP contribution is 2.26. The number of aryl methyl sites for hydroxylation is 1. The van der Waals surface area contributed by atoms with Crippen LogP contribution in [0.5, 0.6) is 5.75 Å². The SMILES string of the molecule is COc1cccc(-c2cc(C(=O)N[C@@H](C)CCc3ccccc3)n3nc(-c4ccccc4)cc3n2)c1. The molecule has 180 valence electrons. The van der Waals surface area contributed by atoms with Crippen LogP contribution >= 0.6 is 0 Å². The van der Waals surface area contributed by atoms with Crippen LogP contribution in [-0.4, -0.2) is 33.7 Å². The first-order valence-electron chi connectivity index (χ1n) is 12.1. The average molecular weight is 477 g/mol. The number of hydrogen-bond acceptors (Lipinski definition) is 4. The van der Waals surface area contributed by atoms with E-state index in [9.17, 15) is 4.79 Å². The summed E-state index contributed by atoms with van der Waals surface area (Å²) in [5.74, 6) is 0.544. The minimum Gasteiger partial charge on any atom is -0.497 e. The summed E-state index contributed by atoms with van der Waals surface area (Å²) in [6.07, 6.45) is 1.73. The zero-order valence-corrected chi connectivity index (χ0v) is 20.4. The molecule has 6 heteroatoms. The Morgan fingerprint density at radius 2 is 1.61 bits per heavy atom. The van der Waals surface area contributed by atoms with Crippen molar-refractivity contribution in [3.05, 3.63) is 108 Å². The normalized spacial score (nSPS) is 11.8. The molecular formula is C30H28N4O2. The number of carbonyl (C=O) groups excluding carboxylic acids is 1. The van der Waals surface area contributed by atoms with Crippen LogP contribution in [-0.2, 0) is 6.42 Å². The second kappa shape index (κ2) is 10.4. The molecule has 0 bridgehead atoms. The molecule has 2 heterocycles. The van der Waals surface area contributed by atoms with Crippen LogP contribution in [0, 0.1) is 0 Å². The number of amides is 1. The highest BCUT2D eigenvalue weighted by molar-refractivity contribution is 5.94. The summed E-state index contributed by atoms with van der Waals surface area (Å²) in [5.41, 5.74) is 5.58. The number of methoxy groups -OCH3 is 1. The predicted molar refractivity (Wildman–Crippen MR) is 142 cm³/mol. The Hall–Kier alpha value is -4.45. The van der Waals surface area contributed by atoms with Crippen molar-refractivity contribution in [1.29, 1.82) is 0 Å². The van der Waals surface area contributed by atoms with Crippen LogP contribution in [0.4, 0.5) is 0 Å². The molecular weight excluding hydrogens is 448 g/mol. The second-order valence-electron chi connectivity index (χ2n) is 8.82. The highest BCUT2D eigenvalue weighted by atomic mass is 16.5. The van der Waals surface area contributed by atoms with Gasteiger partial charge in [-0.1, -0.05) is 72.8 Å². The van der Waals surface area contributed by atoms with Gasteiger partial charge in [0, 0.05) is 23.2 Å². The number of fused-ring (bicyclic) bond motifs is 1. The van der Waals surface area contributed by atoms with Crippen molar-refractivity contribution in [3.8, 4) is 28.3 Å². The molecule has 1 amide bonds. The van der Waals surface area contributed by atoms with Crippen LogP contribution in [0.25, 0.3) is 28.2 Å². The number of nitrogens with one attached hydrogen (secondary N) is 1. The molecule has 0 radical (unpaired) electrons. The summed E-state index contributed by atoms with van der Waals surface area (Å²) >= 11 is 0. The van der Waals surface area contributed by atoms with Gasteiger partial charge in [-0.25, -0.2) is 9.50 Å². The predicted octanol–water partition coefficient (Wildman–Crippen LogP) is 5.82. The molecule has 0 aliphatic rings. The standard InChI is InChI=1S/C30H28N4O2/c1-21(16-17-22-10-5-3-6-11-22)31-30(35)28-19-26(24-14-9-15-25(18-24)36-2)32-29-20-27(33-34(28)29)23-12-7-4-8-13-23/h3-15,18-21H,16-17H2,1-2H3,(H,31,35)/t21-/m0/s1. The van der Waals surface area contributed by atoms with Gasteiger partial charge in [-0.05, 0) is 43.5 Å². The van der Waals surface area contributed by atoms with Gasteiger partial charge in [0.1, 0.15) is 11.4 Å². The van der Waals surface area contributed by atoms with Gasteiger partial charge in [-0.2, -0.15) is 5.10 Å². The van der Waals surface area contributed by atoms with E-state index in [0.29, 0.717) is 17.0 Å². The van der Waals surface area contributed by atoms with Crippen LogP contribution in [0.2, 0.25) is 0 Å². The van der Waals surface area contributed by atoms with Gasteiger partial charge < -0.3 is 10.1 Å². The van der Waals surface area contributed by atoms with E-state index >= 15 is 0 Å². The molecule has 0 fully saturated rings. The smallest absolute Gasteiger partial charge is 0.270 e. The van der Waals surface area contributed by atoms with Crippen molar-refractivity contribution in [3.63, 3.8) is 0 Å². The molecule has 1 N–H and O–H groups in total. The van der Waals surface area contributed by atoms with Gasteiger partial charge in [0.15, 0.2) is 5.65 Å². The van der Waals surface area contributed by atoms with E-state index < -0.39 is 0 Å². The Bertz CT molecular complexity index is 1480. The molecule has 0 spiro atoms. The molecule has 0 saturated heterocycles. The van der Waals surface area contributed by atoms with E-state index in [-0.39, 0.29) is 11.9 Å². The van der Waals surface area contributed by atoms with Gasteiger partial charge in [-0.3, -0.25) is 4.79 Å². The first kappa shape index (κ1) is 23.3. The number of carbonyl (C=O) groups is 1. The number of hydrogen-bond donors (Lipinski definition) is 1. The summed E-state index contributed by atoms with van der Waals surface area (Å²) < 4.78 is 7.03. The fourth-order valence-electron chi connectivity index (χ4n) is 4.21. The lowest BCUT2D eigenvalue weighted by molar-refractivity contribution is 0.0931. The van der Waals surface area contributed by atoms with Crippen LogP contribution < -0.4 is 10.1 Å². The van der Waals surface area contributed by atoms with Crippen molar-refractivity contribution in [2.45, 2.75) is 25.8 Å². The van der Waals surface area contributed by atoms with Crippen LogP contribution in [0.15, 0.2) is 97.1 Å². The number of aromatic nitrogens is 3. The summed E-state index contributed by atoms with van der Waals surface area (Å²) in [6.45, 7) is 2.03. The van der Waals surface area contributed by atoms with E-state index in [1.807, 2.05) is 85.8 Å². The average Bonchev–Trinajstić information content (AvgIpc) is 3.37. The first-order valence-corrected chi connectivity index (χ1v) is 12.1. The second-order valence-corrected chi connectivity index (χ2v) is 8.82. The summed E-state index contributed by atoms with van der Waals surface area (Å²) in [7, 11) is 1.63. The lowest BCUT2D eigenvalue weighted by atomic mass is 10.1. The van der Waals surface area contributed by atoms with Crippen molar-refractivity contribution in [2.75, 3.05) is 7.11 Å². The maximum atomic E-state index is 13.5. The van der Waals surface area contributed by atoms with Crippen molar-refractivity contribution < 1.29 is 9.53 Å². The van der Waals surface area contributed by atoms with Crippen molar-refractivity contribution in [2.24, 2.45) is 0 Å². The number of ether oxygens (including phenoxy) is 1. The molecule has 6 nitrogen and oxygen atoms in total. The monoisotopic (exact) mass is 476 g/mol. The first-order chi connectivity index (χ1) is 17.6. The Kier molecular flexibility index (Phi) is 6.76. The largest absolute Gasteiger partial charge is 0.497 e. The maximum Gasteiger partial charge on any atom is 0.270 e. The summed E-state index contributed by atoms with van der Waals surface area (Å²) in [4.78, 5) is 18.3. The quantitative estimate of drug-likeness (QED) is 0.306. The third-order valence-corrected chi connectivity index (χ3v) is 6.18. The van der Waals surface area contributed by atoms with Gasteiger partial charge in [-0.15, -0.1) is 0 Å². The topological polar surface area (TPSA) is 68.5 Å². The van der Waals surface area contributed by atoms with Gasteiger partial charge in [0.2, 0.25) is 0 Å². The van der Waals surface area contributed by atoms with E-state index in [4.69, 9.17) is 14.8 Å². The maximum absolute atomic E-state index is 13.5. The Balaban J connectivity index is 1.49. The lowest BCUT2D eigenvalue weighted by Gasteiger charge is -2.15. The van der Waals surface area contributed by atoms with Gasteiger partial charge >= 0.3 is 0 Å². The minimum absolute atomic E-state index is 0.00894. The van der Waals surface area contributed by atoms with Crippen molar-refractivity contribution in [1.82, 2.24) is 19.9 Å². The molecule has 3 aromatic carbocycles. The fourth-order valence-corrected chi connectivity index (χ4v) is 4.21. The third kappa shape index (κ3) is 5.13. The Labute approximate surface area is 210 Å². The summed E-state index contributed by atoms with van der Waals surface area (Å²) in [6, 6.07) is 31.6. The third-order valence-electron chi connectivity index (χ3n) is 6.18. The van der Waals surface area contributed by atoms with E-state index in [1.165, 1.54) is 5.56 Å². The molecule has 0 aliphatic heterocycles. The van der Waals surface area contributed by atoms with Gasteiger partial charge in [0.25, 0.3) is 5.91 Å². The molecule has 2 aromatic heterocycles. The van der Waals surface area contributed by atoms with E-state index in [1.54, 1.807) is 17.7 Å². The molecule has 5 aromatic rings. The van der Waals surface area contributed by atoms with Crippen molar-refractivity contribution >= 4 is 11.6 Å². The Morgan fingerprint density at radius 1 is 0.889 bits per heavy atom. The molecule has 0 saturated carbocycles. The molecule has 1 atom stereocenters. The van der Waals surface area contributed by atoms with Crippen LogP contribution in [0.1, 0.15) is 29.4 Å². The molecule has 36 heavy (non-hydrogen) atoms. The zero-order valence-electron chi connectivity index (χ0n) is 20.4. The molecule has 0 aliphatic carbocycles. The highest BCUT2D eigenvalue weighted by Gasteiger charge is 2.19. The Morgan fingerprint density at radius 3 is 2.36 bits per heavy atom. The van der Waals surface area contributed by atoms with E-state index in [2.05, 4.69) is 17.4 Å². The number of benzene rings is 3. The number of rotatable bonds is 8. The zero-order chi connectivity index (χ0) is 24.9.